The monoisotopic (exact) mass is 306 g/mol. The maximum absolute atomic E-state index is 12.7. The molecule has 1 aromatic rings. The first kappa shape index (κ1) is 14.7. The number of nitrogens with one attached hydrogen (secondary N) is 1. The molecule has 1 spiro atoms. The number of benzene rings is 1. The molecule has 2 fully saturated rings. The van der Waals surface area contributed by atoms with E-state index in [1.807, 2.05) is 23.1 Å². The first-order valence-corrected chi connectivity index (χ1v) is 9.22. The molecule has 1 aliphatic carbocycles. The molecule has 1 saturated carbocycles. The van der Waals surface area contributed by atoms with Crippen molar-refractivity contribution >= 4 is 16.7 Å². The second-order valence-electron chi connectivity index (χ2n) is 6.17. The average molecular weight is 306 g/mol. The van der Waals surface area contributed by atoms with Gasteiger partial charge in [0.05, 0.1) is 0 Å². The summed E-state index contributed by atoms with van der Waals surface area (Å²) in [7, 11) is -0.815. The van der Waals surface area contributed by atoms with Crippen LogP contribution in [0.15, 0.2) is 30.3 Å². The lowest BCUT2D eigenvalue weighted by Gasteiger charge is -2.30. The third-order valence-electron chi connectivity index (χ3n) is 4.50. The van der Waals surface area contributed by atoms with E-state index in [9.17, 15) is 9.00 Å². The second kappa shape index (κ2) is 5.54. The van der Waals surface area contributed by atoms with Crippen LogP contribution in [0.1, 0.15) is 37.9 Å². The van der Waals surface area contributed by atoms with Gasteiger partial charge in [0.25, 0.3) is 0 Å². The zero-order valence-corrected chi connectivity index (χ0v) is 13.4. The lowest BCUT2D eigenvalue weighted by Crippen LogP contribution is -2.39. The number of nitrogens with zero attached hydrogens (tertiary/aromatic N) is 1. The van der Waals surface area contributed by atoms with Crippen molar-refractivity contribution in [3.05, 3.63) is 35.9 Å². The third-order valence-corrected chi connectivity index (χ3v) is 5.31. The number of rotatable bonds is 5. The number of amides is 1. The van der Waals surface area contributed by atoms with Gasteiger partial charge in [0.1, 0.15) is 11.7 Å². The highest BCUT2D eigenvalue weighted by Crippen LogP contribution is 2.46. The van der Waals surface area contributed by atoms with Gasteiger partial charge in [-0.1, -0.05) is 30.3 Å². The van der Waals surface area contributed by atoms with Gasteiger partial charge in [-0.25, -0.2) is 0 Å². The minimum atomic E-state index is -0.815. The van der Waals surface area contributed by atoms with Gasteiger partial charge in [-0.15, -0.1) is 0 Å². The summed E-state index contributed by atoms with van der Waals surface area (Å²) in [5, 5.41) is 3.53. The summed E-state index contributed by atoms with van der Waals surface area (Å²) < 4.78 is 11.3. The van der Waals surface area contributed by atoms with E-state index in [4.69, 9.17) is 0 Å². The van der Waals surface area contributed by atoms with Crippen LogP contribution < -0.4 is 5.32 Å². The molecule has 114 valence electrons. The molecule has 0 bridgehead atoms. The molecule has 0 radical (unpaired) electrons. The number of carbonyl (C=O) groups is 1. The van der Waals surface area contributed by atoms with Gasteiger partial charge in [-0.05, 0) is 31.7 Å². The van der Waals surface area contributed by atoms with E-state index in [0.717, 1.165) is 24.8 Å². The summed E-state index contributed by atoms with van der Waals surface area (Å²) in [6.07, 6.45) is 4.29. The van der Waals surface area contributed by atoms with Crippen molar-refractivity contribution in [3.63, 3.8) is 0 Å². The van der Waals surface area contributed by atoms with E-state index >= 15 is 0 Å². The van der Waals surface area contributed by atoms with Crippen LogP contribution in [0.3, 0.4) is 0 Å². The lowest BCUT2D eigenvalue weighted by atomic mass is 10.1. The van der Waals surface area contributed by atoms with Crippen LogP contribution in [0, 0.1) is 0 Å². The van der Waals surface area contributed by atoms with Gasteiger partial charge in [0.15, 0.2) is 0 Å². The van der Waals surface area contributed by atoms with Crippen molar-refractivity contribution in [1.29, 1.82) is 0 Å². The fourth-order valence-corrected chi connectivity index (χ4v) is 3.72. The molecule has 1 N–H and O–H groups in total. The van der Waals surface area contributed by atoms with Crippen LogP contribution >= 0.6 is 0 Å². The van der Waals surface area contributed by atoms with Crippen molar-refractivity contribution in [2.75, 3.05) is 12.0 Å². The lowest BCUT2D eigenvalue weighted by molar-refractivity contribution is -0.132. The first-order valence-electron chi connectivity index (χ1n) is 7.49. The summed E-state index contributed by atoms with van der Waals surface area (Å²) in [4.78, 5) is 14.7. The van der Waals surface area contributed by atoms with Crippen molar-refractivity contribution in [3.8, 4) is 0 Å². The van der Waals surface area contributed by atoms with E-state index < -0.39 is 10.8 Å². The SMILES string of the molecule is CC(CCS(C)=O)N1C(=O)C2(CC2)NC1c1ccccc1. The topological polar surface area (TPSA) is 49.4 Å². The summed E-state index contributed by atoms with van der Waals surface area (Å²) in [6, 6.07) is 10.2. The van der Waals surface area contributed by atoms with Gasteiger partial charge in [-0.3, -0.25) is 14.3 Å². The third kappa shape index (κ3) is 2.77. The standard InChI is InChI=1S/C16H22N2O2S/c1-12(8-11-21(2)20)18-14(13-6-4-3-5-7-13)17-16(9-10-16)15(18)19/h3-7,12,14,17H,8-11H2,1-2H3. The summed E-state index contributed by atoms with van der Waals surface area (Å²) >= 11 is 0. The number of hydrogen-bond acceptors (Lipinski definition) is 3. The molecular formula is C16H22N2O2S. The summed E-state index contributed by atoms with van der Waals surface area (Å²) in [5.74, 6) is 0.852. The molecule has 0 aromatic heterocycles. The largest absolute Gasteiger partial charge is 0.319 e. The van der Waals surface area contributed by atoms with Crippen LogP contribution in [0.2, 0.25) is 0 Å². The molecule has 4 nitrogen and oxygen atoms in total. The Kier molecular flexibility index (Phi) is 3.88. The predicted octanol–water partition coefficient (Wildman–Crippen LogP) is 1.81. The Bertz CT molecular complexity index is 557. The Hall–Kier alpha value is -1.20. The predicted molar refractivity (Wildman–Crippen MR) is 84.1 cm³/mol. The quantitative estimate of drug-likeness (QED) is 0.902. The highest BCUT2D eigenvalue weighted by molar-refractivity contribution is 7.84. The molecule has 21 heavy (non-hydrogen) atoms. The zero-order chi connectivity index (χ0) is 15.0. The Balaban J connectivity index is 1.83. The van der Waals surface area contributed by atoms with Gasteiger partial charge < -0.3 is 4.90 Å². The second-order valence-corrected chi connectivity index (χ2v) is 7.72. The maximum atomic E-state index is 12.7. The summed E-state index contributed by atoms with van der Waals surface area (Å²) in [5.41, 5.74) is 0.805. The minimum Gasteiger partial charge on any atom is -0.319 e. The maximum Gasteiger partial charge on any atom is 0.244 e. The molecule has 3 unspecified atom stereocenters. The molecule has 1 heterocycles. The van der Waals surface area contributed by atoms with Gasteiger partial charge >= 0.3 is 0 Å². The van der Waals surface area contributed by atoms with Crippen LogP contribution in [0.5, 0.6) is 0 Å². The van der Waals surface area contributed by atoms with E-state index in [1.165, 1.54) is 0 Å². The molecule has 5 heteroatoms. The zero-order valence-electron chi connectivity index (χ0n) is 12.5. The van der Waals surface area contributed by atoms with E-state index in [-0.39, 0.29) is 23.7 Å². The van der Waals surface area contributed by atoms with Crippen molar-refractivity contribution in [2.45, 2.75) is 43.9 Å². The normalized spacial score (nSPS) is 26.1. The van der Waals surface area contributed by atoms with Crippen molar-refractivity contribution < 1.29 is 9.00 Å². The van der Waals surface area contributed by atoms with E-state index in [1.54, 1.807) is 6.26 Å². The number of hydrogen-bond donors (Lipinski definition) is 1. The Labute approximate surface area is 128 Å². The molecule has 3 rings (SSSR count). The smallest absolute Gasteiger partial charge is 0.244 e. The average Bonchev–Trinajstić information content (AvgIpc) is 3.19. The fourth-order valence-electron chi connectivity index (χ4n) is 3.05. The Morgan fingerprint density at radius 2 is 2.05 bits per heavy atom. The Morgan fingerprint density at radius 3 is 2.62 bits per heavy atom. The van der Waals surface area contributed by atoms with Crippen molar-refractivity contribution in [1.82, 2.24) is 10.2 Å². The molecule has 2 aliphatic rings. The van der Waals surface area contributed by atoms with Crippen LogP contribution in [-0.4, -0.2) is 38.6 Å². The molecule has 1 amide bonds. The molecule has 3 atom stereocenters. The molecular weight excluding hydrogens is 284 g/mol. The van der Waals surface area contributed by atoms with Gasteiger partial charge in [-0.2, -0.15) is 0 Å². The first-order chi connectivity index (χ1) is 10.0. The molecule has 1 aromatic carbocycles. The van der Waals surface area contributed by atoms with Crippen LogP contribution in [0.25, 0.3) is 0 Å². The molecule has 1 aliphatic heterocycles. The van der Waals surface area contributed by atoms with E-state index in [2.05, 4.69) is 24.4 Å². The number of carbonyl (C=O) groups excluding carboxylic acids is 1. The van der Waals surface area contributed by atoms with Crippen LogP contribution in [-0.2, 0) is 15.6 Å². The van der Waals surface area contributed by atoms with Crippen LogP contribution in [0.4, 0.5) is 0 Å². The fraction of sp³-hybridized carbons (Fsp3) is 0.562. The molecule has 1 saturated heterocycles. The van der Waals surface area contributed by atoms with Gasteiger partial charge in [0.2, 0.25) is 5.91 Å². The minimum absolute atomic E-state index is 0.0542. The van der Waals surface area contributed by atoms with E-state index in [0.29, 0.717) is 5.75 Å². The summed E-state index contributed by atoms with van der Waals surface area (Å²) in [6.45, 7) is 2.06. The highest BCUT2D eigenvalue weighted by Gasteiger charge is 2.60. The Morgan fingerprint density at radius 1 is 1.38 bits per heavy atom. The highest BCUT2D eigenvalue weighted by atomic mass is 32.2. The van der Waals surface area contributed by atoms with Gasteiger partial charge in [0, 0.05) is 28.9 Å². The van der Waals surface area contributed by atoms with Crippen molar-refractivity contribution in [2.24, 2.45) is 0 Å².